The van der Waals surface area contributed by atoms with E-state index in [9.17, 15) is 4.79 Å². The molecule has 0 saturated carbocycles. The molecule has 7 heteroatoms. The van der Waals surface area contributed by atoms with Crippen LogP contribution in [0.2, 0.25) is 0 Å². The van der Waals surface area contributed by atoms with E-state index in [1.54, 1.807) is 18.6 Å². The van der Waals surface area contributed by atoms with Gasteiger partial charge in [0.2, 0.25) is 5.95 Å². The third-order valence-electron chi connectivity index (χ3n) is 5.80. The third kappa shape index (κ3) is 3.93. The van der Waals surface area contributed by atoms with Crippen LogP contribution in [0.15, 0.2) is 36.9 Å². The fraction of sp³-hybridized carbons (Fsp3) is 0.524. The number of aromatic nitrogens is 3. The van der Waals surface area contributed by atoms with Gasteiger partial charge in [0.1, 0.15) is 0 Å². The van der Waals surface area contributed by atoms with E-state index in [-0.39, 0.29) is 5.91 Å². The molecule has 0 aliphatic carbocycles. The standard InChI is InChI=1S/C21H28N6O/c1-2-18-6-3-4-9-27(18)19-14-17(15-22-16-19)20(28)25-10-12-26(13-11-25)21-23-7-5-8-24-21/h5,7-8,14-16,18H,2-4,6,9-13H2,1H3. The van der Waals surface area contributed by atoms with Gasteiger partial charge in [-0.3, -0.25) is 9.78 Å². The Balaban J connectivity index is 1.43. The van der Waals surface area contributed by atoms with E-state index in [0.29, 0.717) is 24.7 Å². The summed E-state index contributed by atoms with van der Waals surface area (Å²) in [5, 5.41) is 0. The fourth-order valence-electron chi connectivity index (χ4n) is 4.21. The Kier molecular flexibility index (Phi) is 5.69. The summed E-state index contributed by atoms with van der Waals surface area (Å²) in [4.78, 5) is 32.5. The van der Waals surface area contributed by atoms with Crippen LogP contribution in [-0.4, -0.2) is 64.5 Å². The lowest BCUT2D eigenvalue weighted by Gasteiger charge is -2.37. The van der Waals surface area contributed by atoms with Crippen LogP contribution in [0.4, 0.5) is 11.6 Å². The summed E-state index contributed by atoms with van der Waals surface area (Å²) in [6.45, 7) is 6.11. The summed E-state index contributed by atoms with van der Waals surface area (Å²) in [5.41, 5.74) is 1.76. The number of nitrogens with zero attached hydrogens (tertiary/aromatic N) is 6. The fourth-order valence-corrected chi connectivity index (χ4v) is 4.21. The van der Waals surface area contributed by atoms with Crippen LogP contribution >= 0.6 is 0 Å². The highest BCUT2D eigenvalue weighted by Gasteiger charge is 2.25. The van der Waals surface area contributed by atoms with Crippen molar-refractivity contribution in [3.05, 3.63) is 42.5 Å². The van der Waals surface area contributed by atoms with Crippen molar-refractivity contribution >= 4 is 17.5 Å². The van der Waals surface area contributed by atoms with Crippen molar-refractivity contribution in [2.75, 3.05) is 42.5 Å². The van der Waals surface area contributed by atoms with Gasteiger partial charge in [0.05, 0.1) is 17.4 Å². The molecule has 1 amide bonds. The van der Waals surface area contributed by atoms with Gasteiger partial charge in [-0.05, 0) is 37.8 Å². The van der Waals surface area contributed by atoms with Crippen LogP contribution < -0.4 is 9.80 Å². The van der Waals surface area contributed by atoms with Gasteiger partial charge in [-0.1, -0.05) is 6.92 Å². The first-order valence-electron chi connectivity index (χ1n) is 10.3. The van der Waals surface area contributed by atoms with E-state index in [4.69, 9.17) is 0 Å². The second-order valence-corrected chi connectivity index (χ2v) is 7.51. The second-order valence-electron chi connectivity index (χ2n) is 7.51. The molecule has 2 aromatic rings. The number of anilines is 2. The molecule has 7 nitrogen and oxygen atoms in total. The highest BCUT2D eigenvalue weighted by Crippen LogP contribution is 2.27. The zero-order valence-electron chi connectivity index (χ0n) is 16.5. The van der Waals surface area contributed by atoms with Crippen molar-refractivity contribution in [2.24, 2.45) is 0 Å². The van der Waals surface area contributed by atoms with E-state index >= 15 is 0 Å². The van der Waals surface area contributed by atoms with Crippen LogP contribution in [0.1, 0.15) is 43.0 Å². The number of piperidine rings is 1. The zero-order valence-corrected chi connectivity index (χ0v) is 16.5. The van der Waals surface area contributed by atoms with Crippen molar-refractivity contribution < 1.29 is 4.79 Å². The predicted molar refractivity (Wildman–Crippen MR) is 110 cm³/mol. The van der Waals surface area contributed by atoms with Crippen molar-refractivity contribution in [3.8, 4) is 0 Å². The largest absolute Gasteiger partial charge is 0.367 e. The second kappa shape index (κ2) is 8.54. The molecular weight excluding hydrogens is 352 g/mol. The minimum Gasteiger partial charge on any atom is -0.367 e. The molecule has 0 N–H and O–H groups in total. The molecule has 1 atom stereocenters. The molecule has 0 aromatic carbocycles. The molecule has 2 fully saturated rings. The number of rotatable bonds is 4. The van der Waals surface area contributed by atoms with Gasteiger partial charge < -0.3 is 14.7 Å². The van der Waals surface area contributed by atoms with E-state index < -0.39 is 0 Å². The number of hydrogen-bond donors (Lipinski definition) is 0. The summed E-state index contributed by atoms with van der Waals surface area (Å²) < 4.78 is 0. The lowest BCUT2D eigenvalue weighted by molar-refractivity contribution is 0.0746. The third-order valence-corrected chi connectivity index (χ3v) is 5.80. The molecule has 0 bridgehead atoms. The Bertz CT molecular complexity index is 790. The highest BCUT2D eigenvalue weighted by atomic mass is 16.2. The van der Waals surface area contributed by atoms with Crippen LogP contribution in [0.3, 0.4) is 0 Å². The Hall–Kier alpha value is -2.70. The van der Waals surface area contributed by atoms with E-state index in [2.05, 4.69) is 31.7 Å². The molecule has 148 valence electrons. The smallest absolute Gasteiger partial charge is 0.255 e. The Morgan fingerprint density at radius 3 is 2.61 bits per heavy atom. The first-order chi connectivity index (χ1) is 13.8. The quantitative estimate of drug-likeness (QED) is 0.812. The normalized spacial score (nSPS) is 20.3. The molecule has 4 heterocycles. The van der Waals surface area contributed by atoms with Crippen LogP contribution in [0, 0.1) is 0 Å². The van der Waals surface area contributed by atoms with Crippen LogP contribution in [0.25, 0.3) is 0 Å². The van der Waals surface area contributed by atoms with Crippen molar-refractivity contribution in [2.45, 2.75) is 38.6 Å². The van der Waals surface area contributed by atoms with Gasteiger partial charge >= 0.3 is 0 Å². The SMILES string of the molecule is CCC1CCCCN1c1cncc(C(=O)N2CCN(c3ncccn3)CC2)c1. The van der Waals surface area contributed by atoms with Gasteiger partial charge in [-0.2, -0.15) is 0 Å². The maximum Gasteiger partial charge on any atom is 0.255 e. The minimum atomic E-state index is 0.0630. The number of piperazine rings is 1. The highest BCUT2D eigenvalue weighted by molar-refractivity contribution is 5.95. The Morgan fingerprint density at radius 1 is 1.07 bits per heavy atom. The number of carbonyl (C=O) groups excluding carboxylic acids is 1. The lowest BCUT2D eigenvalue weighted by atomic mass is 9.99. The molecular formula is C21H28N6O. The number of carbonyl (C=O) groups is 1. The van der Waals surface area contributed by atoms with Crippen molar-refractivity contribution in [1.82, 2.24) is 19.9 Å². The lowest BCUT2D eigenvalue weighted by Crippen LogP contribution is -2.49. The number of pyridine rings is 1. The monoisotopic (exact) mass is 380 g/mol. The van der Waals surface area contributed by atoms with E-state index in [0.717, 1.165) is 37.7 Å². The Morgan fingerprint density at radius 2 is 1.86 bits per heavy atom. The average molecular weight is 380 g/mol. The van der Waals surface area contributed by atoms with Crippen molar-refractivity contribution in [1.29, 1.82) is 0 Å². The summed E-state index contributed by atoms with van der Waals surface area (Å²) >= 11 is 0. The maximum atomic E-state index is 13.0. The maximum absolute atomic E-state index is 13.0. The van der Waals surface area contributed by atoms with Gasteiger partial charge in [0.15, 0.2) is 0 Å². The van der Waals surface area contributed by atoms with Gasteiger partial charge in [0, 0.05) is 57.4 Å². The molecule has 2 aliphatic heterocycles. The van der Waals surface area contributed by atoms with Crippen molar-refractivity contribution in [3.63, 3.8) is 0 Å². The minimum absolute atomic E-state index is 0.0630. The topological polar surface area (TPSA) is 65.5 Å². The molecule has 2 aliphatic rings. The number of hydrogen-bond acceptors (Lipinski definition) is 6. The van der Waals surface area contributed by atoms with Crippen LogP contribution in [-0.2, 0) is 0 Å². The van der Waals surface area contributed by atoms with Gasteiger partial charge in [-0.15, -0.1) is 0 Å². The number of amides is 1. The zero-order chi connectivity index (χ0) is 19.3. The molecule has 1 unspecified atom stereocenters. The molecule has 4 rings (SSSR count). The first-order valence-corrected chi connectivity index (χ1v) is 10.3. The van der Waals surface area contributed by atoms with Gasteiger partial charge in [-0.25, -0.2) is 9.97 Å². The molecule has 0 spiro atoms. The van der Waals surface area contributed by atoms with Crippen LogP contribution in [0.5, 0.6) is 0 Å². The molecule has 2 aromatic heterocycles. The Labute approximate surface area is 166 Å². The summed E-state index contributed by atoms with van der Waals surface area (Å²) in [7, 11) is 0. The van der Waals surface area contributed by atoms with E-state index in [1.807, 2.05) is 23.2 Å². The van der Waals surface area contributed by atoms with Gasteiger partial charge in [0.25, 0.3) is 5.91 Å². The molecule has 2 saturated heterocycles. The molecule has 28 heavy (non-hydrogen) atoms. The summed E-state index contributed by atoms with van der Waals surface area (Å²) in [5.74, 6) is 0.794. The van der Waals surface area contributed by atoms with E-state index in [1.165, 1.54) is 19.3 Å². The molecule has 0 radical (unpaired) electrons. The average Bonchev–Trinajstić information content (AvgIpc) is 2.79. The first kappa shape index (κ1) is 18.7. The summed E-state index contributed by atoms with van der Waals surface area (Å²) in [6.07, 6.45) is 11.9. The summed E-state index contributed by atoms with van der Waals surface area (Å²) in [6, 6.07) is 4.39. The predicted octanol–water partition coefficient (Wildman–Crippen LogP) is 2.60.